The maximum absolute atomic E-state index is 11.7. The molecule has 4 heteroatoms. The van der Waals surface area contributed by atoms with Gasteiger partial charge in [0.2, 0.25) is 11.8 Å². The molecule has 1 fully saturated rings. The molecule has 0 heterocycles. The topological polar surface area (TPSA) is 58.2 Å². The molecule has 2 N–H and O–H groups in total. The lowest BCUT2D eigenvalue weighted by atomic mass is 10.2. The average Bonchev–Trinajstić information content (AvgIpc) is 3.24. The Morgan fingerprint density at radius 1 is 0.826 bits per heavy atom. The van der Waals surface area contributed by atoms with Crippen LogP contribution in [0.1, 0.15) is 71.6 Å². The Hall–Kier alpha value is -1.58. The van der Waals surface area contributed by atoms with Crippen LogP contribution in [0.25, 0.3) is 0 Å². The van der Waals surface area contributed by atoms with E-state index in [1.807, 2.05) is 12.2 Å². The van der Waals surface area contributed by atoms with Crippen molar-refractivity contribution >= 4 is 11.8 Å². The Bertz CT molecular complexity index is 378. The van der Waals surface area contributed by atoms with E-state index >= 15 is 0 Å². The van der Waals surface area contributed by atoms with E-state index in [-0.39, 0.29) is 23.9 Å². The predicted octanol–water partition coefficient (Wildman–Crippen LogP) is 3.63. The Balaban J connectivity index is 2.09. The zero-order chi connectivity index (χ0) is 16.9. The summed E-state index contributed by atoms with van der Waals surface area (Å²) in [7, 11) is 0. The van der Waals surface area contributed by atoms with Crippen LogP contribution in [0.3, 0.4) is 0 Å². The minimum atomic E-state index is -0.0571. The molecule has 4 nitrogen and oxygen atoms in total. The van der Waals surface area contributed by atoms with Crippen molar-refractivity contribution in [2.45, 2.75) is 83.7 Å². The van der Waals surface area contributed by atoms with Gasteiger partial charge in [0.25, 0.3) is 0 Å². The van der Waals surface area contributed by atoms with Crippen molar-refractivity contribution in [2.24, 2.45) is 0 Å². The van der Waals surface area contributed by atoms with Crippen LogP contribution in [0.5, 0.6) is 0 Å². The van der Waals surface area contributed by atoms with Crippen LogP contribution in [0.4, 0.5) is 0 Å². The van der Waals surface area contributed by atoms with Crippen LogP contribution in [0.2, 0.25) is 0 Å². The summed E-state index contributed by atoms with van der Waals surface area (Å²) in [5.41, 5.74) is 0. The van der Waals surface area contributed by atoms with E-state index in [4.69, 9.17) is 0 Å². The van der Waals surface area contributed by atoms with Gasteiger partial charge in [-0.15, -0.1) is 0 Å². The summed E-state index contributed by atoms with van der Waals surface area (Å²) in [6, 6.07) is 0.167. The third kappa shape index (κ3) is 9.93. The van der Waals surface area contributed by atoms with Crippen LogP contribution in [-0.4, -0.2) is 23.9 Å². The molecular formula is C19H32N2O2. The fraction of sp³-hybridized carbons (Fsp3) is 0.684. The summed E-state index contributed by atoms with van der Waals surface area (Å²) >= 11 is 0. The van der Waals surface area contributed by atoms with Gasteiger partial charge in [0.05, 0.1) is 12.1 Å². The molecule has 0 aromatic heterocycles. The first-order valence-electron chi connectivity index (χ1n) is 9.11. The van der Waals surface area contributed by atoms with E-state index in [0.29, 0.717) is 0 Å². The standard InChI is InChI=1S/C19H32N2O2/c1-3-5-7-9-11-13-18(22)20-16-15-17(16)21-19(23)14-12-10-8-6-4-2/h11-14,16-17H,3-10,15H2,1-2H3,(H,20,22)(H,21,23)/b13-11+,14-12+/t16-,17+. The number of nitrogens with one attached hydrogen (secondary N) is 2. The summed E-state index contributed by atoms with van der Waals surface area (Å²) in [6.07, 6.45) is 16.9. The fourth-order valence-corrected chi connectivity index (χ4v) is 2.38. The highest BCUT2D eigenvalue weighted by Crippen LogP contribution is 2.21. The fourth-order valence-electron chi connectivity index (χ4n) is 2.38. The maximum atomic E-state index is 11.7. The van der Waals surface area contributed by atoms with E-state index in [2.05, 4.69) is 24.5 Å². The van der Waals surface area contributed by atoms with Crippen LogP contribution in [0.15, 0.2) is 24.3 Å². The molecule has 1 aliphatic rings. The van der Waals surface area contributed by atoms with E-state index in [1.54, 1.807) is 12.2 Å². The largest absolute Gasteiger partial charge is 0.348 e. The normalized spacial score (nSPS) is 20.1. The van der Waals surface area contributed by atoms with E-state index in [0.717, 1.165) is 32.1 Å². The number of allylic oxidation sites excluding steroid dienone is 2. The van der Waals surface area contributed by atoms with Crippen molar-refractivity contribution in [3.63, 3.8) is 0 Å². The van der Waals surface area contributed by atoms with Crippen molar-refractivity contribution in [1.29, 1.82) is 0 Å². The van der Waals surface area contributed by atoms with Gasteiger partial charge in [-0.1, -0.05) is 51.7 Å². The maximum Gasteiger partial charge on any atom is 0.243 e. The van der Waals surface area contributed by atoms with Gasteiger partial charge >= 0.3 is 0 Å². The summed E-state index contributed by atoms with van der Waals surface area (Å²) in [5, 5.41) is 5.84. The summed E-state index contributed by atoms with van der Waals surface area (Å²) in [5.74, 6) is -0.114. The van der Waals surface area contributed by atoms with E-state index in [1.165, 1.54) is 25.7 Å². The average molecular weight is 320 g/mol. The van der Waals surface area contributed by atoms with Gasteiger partial charge < -0.3 is 10.6 Å². The number of carbonyl (C=O) groups is 2. The van der Waals surface area contributed by atoms with E-state index < -0.39 is 0 Å². The Morgan fingerprint density at radius 2 is 1.26 bits per heavy atom. The van der Waals surface area contributed by atoms with Gasteiger partial charge in [-0.3, -0.25) is 9.59 Å². The SMILES string of the molecule is CCCCC/C=C/C(=O)N[C@H]1C[C@H]1NC(=O)/C=C/CCCCC. The van der Waals surface area contributed by atoms with Crippen LogP contribution in [-0.2, 0) is 9.59 Å². The molecule has 1 rings (SSSR count). The first kappa shape index (κ1) is 19.5. The summed E-state index contributed by atoms with van der Waals surface area (Å²) < 4.78 is 0. The molecule has 23 heavy (non-hydrogen) atoms. The summed E-state index contributed by atoms with van der Waals surface area (Å²) in [6.45, 7) is 4.33. The van der Waals surface area contributed by atoms with Crippen LogP contribution >= 0.6 is 0 Å². The molecule has 0 aromatic rings. The molecule has 1 saturated carbocycles. The Morgan fingerprint density at radius 3 is 1.65 bits per heavy atom. The highest BCUT2D eigenvalue weighted by atomic mass is 16.2. The van der Waals surface area contributed by atoms with E-state index in [9.17, 15) is 9.59 Å². The van der Waals surface area contributed by atoms with Crippen molar-refractivity contribution in [2.75, 3.05) is 0 Å². The molecular weight excluding hydrogens is 288 g/mol. The molecule has 0 saturated heterocycles. The lowest BCUT2D eigenvalue weighted by Gasteiger charge is -2.02. The molecule has 0 aliphatic heterocycles. The van der Waals surface area contributed by atoms with Crippen molar-refractivity contribution in [1.82, 2.24) is 10.6 Å². The summed E-state index contributed by atoms with van der Waals surface area (Å²) in [4.78, 5) is 23.4. The van der Waals surface area contributed by atoms with Gasteiger partial charge in [-0.2, -0.15) is 0 Å². The highest BCUT2D eigenvalue weighted by molar-refractivity contribution is 5.89. The second-order valence-corrected chi connectivity index (χ2v) is 6.26. The molecule has 0 bridgehead atoms. The molecule has 1 aliphatic carbocycles. The Labute approximate surface area is 140 Å². The number of amides is 2. The minimum Gasteiger partial charge on any atom is -0.348 e. The van der Waals surface area contributed by atoms with Crippen LogP contribution in [0, 0.1) is 0 Å². The van der Waals surface area contributed by atoms with Gasteiger partial charge in [-0.05, 0) is 44.3 Å². The third-order valence-corrected chi connectivity index (χ3v) is 3.93. The number of hydrogen-bond acceptors (Lipinski definition) is 2. The van der Waals surface area contributed by atoms with Crippen molar-refractivity contribution in [3.05, 3.63) is 24.3 Å². The molecule has 2 amide bonds. The molecule has 130 valence electrons. The number of rotatable bonds is 12. The molecule has 0 spiro atoms. The zero-order valence-corrected chi connectivity index (χ0v) is 14.6. The van der Waals surface area contributed by atoms with Gasteiger partial charge in [0.15, 0.2) is 0 Å². The minimum absolute atomic E-state index is 0.0571. The second-order valence-electron chi connectivity index (χ2n) is 6.26. The third-order valence-electron chi connectivity index (χ3n) is 3.93. The number of hydrogen-bond donors (Lipinski definition) is 2. The van der Waals surface area contributed by atoms with Gasteiger partial charge in [-0.25, -0.2) is 0 Å². The second kappa shape index (κ2) is 11.9. The lowest BCUT2D eigenvalue weighted by Crippen LogP contribution is -2.33. The molecule has 0 radical (unpaired) electrons. The number of carbonyl (C=O) groups excluding carboxylic acids is 2. The first-order chi connectivity index (χ1) is 11.2. The van der Waals surface area contributed by atoms with Crippen molar-refractivity contribution in [3.8, 4) is 0 Å². The first-order valence-corrected chi connectivity index (χ1v) is 9.11. The lowest BCUT2D eigenvalue weighted by molar-refractivity contribution is -0.118. The van der Waals surface area contributed by atoms with Crippen LogP contribution < -0.4 is 10.6 Å². The molecule has 2 atom stereocenters. The molecule has 0 unspecified atom stereocenters. The van der Waals surface area contributed by atoms with Gasteiger partial charge in [0, 0.05) is 0 Å². The quantitative estimate of drug-likeness (QED) is 0.426. The highest BCUT2D eigenvalue weighted by Gasteiger charge is 2.38. The zero-order valence-electron chi connectivity index (χ0n) is 14.6. The smallest absolute Gasteiger partial charge is 0.243 e. The Kier molecular flexibility index (Phi) is 10.1. The van der Waals surface area contributed by atoms with Gasteiger partial charge in [0.1, 0.15) is 0 Å². The monoisotopic (exact) mass is 320 g/mol. The number of unbranched alkanes of at least 4 members (excludes halogenated alkanes) is 6. The molecule has 0 aromatic carbocycles. The predicted molar refractivity (Wildman–Crippen MR) is 95.0 cm³/mol. The van der Waals surface area contributed by atoms with Crippen molar-refractivity contribution < 1.29 is 9.59 Å².